The summed E-state index contributed by atoms with van der Waals surface area (Å²) in [5.41, 5.74) is 14.6. The molecule has 0 saturated carbocycles. The predicted molar refractivity (Wildman–Crippen MR) is 220 cm³/mol. The second kappa shape index (κ2) is 10.8. The Morgan fingerprint density at radius 2 is 0.885 bits per heavy atom. The van der Waals surface area contributed by atoms with Crippen molar-refractivity contribution in [1.82, 2.24) is 0 Å². The normalized spacial score (nSPS) is 13.3. The monoisotopic (exact) mass is 662 g/mol. The van der Waals surface area contributed by atoms with E-state index < -0.39 is 0 Å². The van der Waals surface area contributed by atoms with Crippen molar-refractivity contribution in [2.45, 2.75) is 19.3 Å². The third-order valence-electron chi connectivity index (χ3n) is 11.6. The van der Waals surface area contributed by atoms with Gasteiger partial charge in [-0.15, -0.1) is 0 Å². The van der Waals surface area contributed by atoms with E-state index in [0.29, 0.717) is 0 Å². The first-order valence-electron chi connectivity index (χ1n) is 18.2. The van der Waals surface area contributed by atoms with E-state index in [-0.39, 0.29) is 5.41 Å². The summed E-state index contributed by atoms with van der Waals surface area (Å²) < 4.78 is 6.47. The Bertz CT molecular complexity index is 3030. The Morgan fingerprint density at radius 1 is 0.365 bits per heavy atom. The van der Waals surface area contributed by atoms with Crippen LogP contribution in [-0.2, 0) is 5.41 Å². The molecule has 1 nitrogen and oxygen atoms in total. The van der Waals surface area contributed by atoms with Crippen LogP contribution in [0.1, 0.15) is 25.0 Å². The topological polar surface area (TPSA) is 13.1 Å². The van der Waals surface area contributed by atoms with Gasteiger partial charge in [-0.1, -0.05) is 153 Å². The van der Waals surface area contributed by atoms with Crippen molar-refractivity contribution < 1.29 is 4.42 Å². The van der Waals surface area contributed by atoms with Crippen molar-refractivity contribution in [1.29, 1.82) is 0 Å². The van der Waals surface area contributed by atoms with Gasteiger partial charge in [-0.25, -0.2) is 0 Å². The van der Waals surface area contributed by atoms with Crippen molar-refractivity contribution >= 4 is 54.3 Å². The minimum absolute atomic E-state index is 0.0706. The molecule has 0 unspecified atom stereocenters. The average Bonchev–Trinajstić information content (AvgIpc) is 3.67. The molecular weight excluding hydrogens is 629 g/mol. The molecule has 10 aromatic rings. The third kappa shape index (κ3) is 4.11. The lowest BCUT2D eigenvalue weighted by Gasteiger charge is -2.23. The Morgan fingerprint density at radius 3 is 1.56 bits per heavy atom. The molecule has 0 amide bonds. The van der Waals surface area contributed by atoms with Crippen molar-refractivity contribution in [2.75, 3.05) is 0 Å². The van der Waals surface area contributed by atoms with Crippen LogP contribution in [0.3, 0.4) is 0 Å². The van der Waals surface area contributed by atoms with Crippen LogP contribution < -0.4 is 0 Å². The Balaban J connectivity index is 1.09. The van der Waals surface area contributed by atoms with Gasteiger partial charge in [0.05, 0.1) is 0 Å². The number of rotatable bonds is 3. The summed E-state index contributed by atoms with van der Waals surface area (Å²) in [6, 6.07) is 62.3. The lowest BCUT2D eigenvalue weighted by atomic mass is 9.80. The first-order valence-corrected chi connectivity index (χ1v) is 18.2. The quantitative estimate of drug-likeness (QED) is 0.172. The summed E-state index contributed by atoms with van der Waals surface area (Å²) in [6.07, 6.45) is 0. The number of hydrogen-bond donors (Lipinski definition) is 0. The van der Waals surface area contributed by atoms with E-state index in [4.69, 9.17) is 4.42 Å². The van der Waals surface area contributed by atoms with Crippen LogP contribution >= 0.6 is 0 Å². The maximum atomic E-state index is 6.47. The summed E-state index contributed by atoms with van der Waals surface area (Å²) >= 11 is 0. The summed E-state index contributed by atoms with van der Waals surface area (Å²) in [5.74, 6) is 0. The second-order valence-corrected chi connectivity index (χ2v) is 14.8. The van der Waals surface area contributed by atoms with Crippen LogP contribution in [0.25, 0.3) is 98.8 Å². The van der Waals surface area contributed by atoms with Gasteiger partial charge in [-0.05, 0) is 118 Å². The molecule has 0 atom stereocenters. The molecule has 52 heavy (non-hydrogen) atoms. The Kier molecular flexibility index (Phi) is 6.08. The number of benzene rings is 9. The molecule has 11 rings (SSSR count). The fourth-order valence-electron chi connectivity index (χ4n) is 9.26. The summed E-state index contributed by atoms with van der Waals surface area (Å²) in [7, 11) is 0. The van der Waals surface area contributed by atoms with Gasteiger partial charge in [0.2, 0.25) is 0 Å². The molecule has 0 aliphatic heterocycles. The van der Waals surface area contributed by atoms with Gasteiger partial charge < -0.3 is 4.42 Å². The average molecular weight is 663 g/mol. The molecule has 0 spiro atoms. The molecule has 0 saturated heterocycles. The van der Waals surface area contributed by atoms with E-state index in [1.807, 2.05) is 0 Å². The van der Waals surface area contributed by atoms with Gasteiger partial charge in [0.25, 0.3) is 0 Å². The molecule has 0 radical (unpaired) electrons. The van der Waals surface area contributed by atoms with Gasteiger partial charge in [-0.2, -0.15) is 0 Å². The fourth-order valence-corrected chi connectivity index (χ4v) is 9.26. The zero-order valence-corrected chi connectivity index (χ0v) is 29.1. The smallest absolute Gasteiger partial charge is 0.135 e. The number of hydrogen-bond acceptors (Lipinski definition) is 1. The summed E-state index contributed by atoms with van der Waals surface area (Å²) in [4.78, 5) is 0. The highest BCUT2D eigenvalue weighted by molar-refractivity contribution is 6.22. The second-order valence-electron chi connectivity index (χ2n) is 14.8. The van der Waals surface area contributed by atoms with Crippen LogP contribution in [0.4, 0.5) is 0 Å². The first-order chi connectivity index (χ1) is 25.5. The minimum atomic E-state index is -0.0706. The predicted octanol–water partition coefficient (Wildman–Crippen LogP) is 14.4. The molecule has 1 aliphatic rings. The van der Waals surface area contributed by atoms with E-state index >= 15 is 0 Å². The number of furan rings is 1. The Hall–Kier alpha value is -6.44. The van der Waals surface area contributed by atoms with E-state index in [1.54, 1.807) is 0 Å². The molecule has 1 aliphatic carbocycles. The van der Waals surface area contributed by atoms with Crippen LogP contribution in [-0.4, -0.2) is 0 Å². The van der Waals surface area contributed by atoms with E-state index in [9.17, 15) is 0 Å². The molecule has 1 heteroatoms. The minimum Gasteiger partial charge on any atom is -0.456 e. The van der Waals surface area contributed by atoms with Crippen molar-refractivity contribution in [2.24, 2.45) is 0 Å². The third-order valence-corrected chi connectivity index (χ3v) is 11.6. The zero-order valence-electron chi connectivity index (χ0n) is 29.1. The van der Waals surface area contributed by atoms with Crippen LogP contribution in [0.15, 0.2) is 174 Å². The number of fused-ring (bicyclic) bond motifs is 10. The molecule has 0 fully saturated rings. The van der Waals surface area contributed by atoms with E-state index in [2.05, 4.69) is 184 Å². The highest BCUT2D eigenvalue weighted by Gasteiger charge is 2.37. The standard InChI is InChI=1S/C51H34O/c1-51(2)45-25-21-33(28-42(45)41-24-20-31-12-6-7-15-36(31)50(41)51)34-22-26-46-43(29-34)44-30-35(23-27-47(44)52-46)49-39-18-10-8-16-37(39)48(32-13-4-3-5-14-32)38-17-9-11-19-40(38)49/h3-30H,1-2H3. The van der Waals surface area contributed by atoms with Gasteiger partial charge >= 0.3 is 0 Å². The summed E-state index contributed by atoms with van der Waals surface area (Å²) in [6.45, 7) is 4.74. The van der Waals surface area contributed by atoms with E-state index in [0.717, 1.165) is 21.9 Å². The van der Waals surface area contributed by atoms with Crippen molar-refractivity contribution in [3.8, 4) is 44.5 Å². The lowest BCUT2D eigenvalue weighted by Crippen LogP contribution is -2.15. The highest BCUT2D eigenvalue weighted by atomic mass is 16.3. The molecular formula is C51H34O. The molecule has 0 N–H and O–H groups in total. The Labute approximate surface area is 302 Å². The molecule has 0 bridgehead atoms. The highest BCUT2D eigenvalue weighted by Crippen LogP contribution is 2.52. The van der Waals surface area contributed by atoms with Gasteiger partial charge in [0, 0.05) is 16.2 Å². The van der Waals surface area contributed by atoms with E-state index in [1.165, 1.54) is 88.0 Å². The van der Waals surface area contributed by atoms with Gasteiger partial charge in [0.1, 0.15) is 11.2 Å². The SMILES string of the molecule is CC1(C)c2ccc(-c3ccc4oc5ccc(-c6c7ccccc7c(-c7ccccc7)c7ccccc67)cc5c4c3)cc2-c2ccc3ccccc3c21. The largest absolute Gasteiger partial charge is 0.456 e. The molecule has 1 heterocycles. The zero-order chi connectivity index (χ0) is 34.6. The maximum Gasteiger partial charge on any atom is 0.135 e. The van der Waals surface area contributed by atoms with Gasteiger partial charge in [-0.3, -0.25) is 0 Å². The molecule has 1 aromatic heterocycles. The molecule has 244 valence electrons. The first kappa shape index (κ1) is 29.3. The van der Waals surface area contributed by atoms with Crippen LogP contribution in [0.5, 0.6) is 0 Å². The van der Waals surface area contributed by atoms with Crippen molar-refractivity contribution in [3.05, 3.63) is 181 Å². The van der Waals surface area contributed by atoms with Crippen molar-refractivity contribution in [3.63, 3.8) is 0 Å². The lowest BCUT2D eigenvalue weighted by molar-refractivity contribution is 0.666. The van der Waals surface area contributed by atoms with Crippen LogP contribution in [0.2, 0.25) is 0 Å². The van der Waals surface area contributed by atoms with Crippen LogP contribution in [0, 0.1) is 0 Å². The fraction of sp³-hybridized carbons (Fsp3) is 0.0588. The molecule has 9 aromatic carbocycles. The summed E-state index contributed by atoms with van der Waals surface area (Å²) in [5, 5.41) is 9.94. The van der Waals surface area contributed by atoms with Gasteiger partial charge in [0.15, 0.2) is 0 Å². The maximum absolute atomic E-state index is 6.47.